The van der Waals surface area contributed by atoms with Crippen LogP contribution in [-0.4, -0.2) is 46.9 Å². The molecule has 2 heterocycles. The highest BCUT2D eigenvalue weighted by atomic mass is 35.5. The SMILES string of the molecule is CCOC(=O)CC(c1ccc(OC[C@H]2COc3ccc(Cl)cc3O2)cc1)c1cnnn1C. The molecule has 0 aliphatic carbocycles. The van der Waals surface area contributed by atoms with Crippen molar-refractivity contribution >= 4 is 17.6 Å². The monoisotopic (exact) mass is 457 g/mol. The second-order valence-corrected chi connectivity index (χ2v) is 7.80. The van der Waals surface area contributed by atoms with Crippen LogP contribution in [0.2, 0.25) is 5.02 Å². The Labute approximate surface area is 191 Å². The lowest BCUT2D eigenvalue weighted by Gasteiger charge is -2.26. The number of hydrogen-bond acceptors (Lipinski definition) is 7. The first-order valence-electron chi connectivity index (χ1n) is 10.4. The smallest absolute Gasteiger partial charge is 0.306 e. The van der Waals surface area contributed by atoms with E-state index in [2.05, 4.69) is 10.3 Å². The lowest BCUT2D eigenvalue weighted by molar-refractivity contribution is -0.143. The summed E-state index contributed by atoms with van der Waals surface area (Å²) in [4.78, 5) is 12.2. The molecule has 32 heavy (non-hydrogen) atoms. The second kappa shape index (κ2) is 9.91. The maximum Gasteiger partial charge on any atom is 0.306 e. The first-order chi connectivity index (χ1) is 15.5. The fourth-order valence-electron chi connectivity index (χ4n) is 3.55. The molecule has 0 amide bonds. The number of rotatable bonds is 8. The minimum absolute atomic E-state index is 0.199. The average Bonchev–Trinajstić information content (AvgIpc) is 3.22. The number of carbonyl (C=O) groups is 1. The van der Waals surface area contributed by atoms with E-state index in [9.17, 15) is 4.79 Å². The summed E-state index contributed by atoms with van der Waals surface area (Å²) in [5.74, 6) is 1.48. The van der Waals surface area contributed by atoms with Gasteiger partial charge in [0.25, 0.3) is 0 Å². The van der Waals surface area contributed by atoms with Gasteiger partial charge in [-0.3, -0.25) is 9.48 Å². The third kappa shape index (κ3) is 5.13. The Hall–Kier alpha value is -3.26. The number of nitrogens with zero attached hydrogens (tertiary/aromatic N) is 3. The van der Waals surface area contributed by atoms with Crippen LogP contribution in [0.5, 0.6) is 17.2 Å². The normalized spacial score (nSPS) is 15.8. The van der Waals surface area contributed by atoms with Crippen LogP contribution in [0.1, 0.15) is 30.5 Å². The van der Waals surface area contributed by atoms with Crippen LogP contribution in [0.25, 0.3) is 0 Å². The maximum absolute atomic E-state index is 12.2. The van der Waals surface area contributed by atoms with Crippen molar-refractivity contribution in [3.05, 3.63) is 64.9 Å². The van der Waals surface area contributed by atoms with Crippen molar-refractivity contribution in [3.63, 3.8) is 0 Å². The van der Waals surface area contributed by atoms with Crippen LogP contribution < -0.4 is 14.2 Å². The number of benzene rings is 2. The summed E-state index contributed by atoms with van der Waals surface area (Å²) >= 11 is 6.03. The van der Waals surface area contributed by atoms with Gasteiger partial charge < -0.3 is 18.9 Å². The van der Waals surface area contributed by atoms with E-state index < -0.39 is 0 Å². The third-order valence-electron chi connectivity index (χ3n) is 5.13. The number of carbonyl (C=O) groups excluding carboxylic acids is 1. The van der Waals surface area contributed by atoms with Crippen LogP contribution in [0.4, 0.5) is 0 Å². The highest BCUT2D eigenvalue weighted by Gasteiger charge is 2.24. The van der Waals surface area contributed by atoms with Crippen molar-refractivity contribution in [2.75, 3.05) is 19.8 Å². The topological polar surface area (TPSA) is 84.7 Å². The predicted octanol–water partition coefficient (Wildman–Crippen LogP) is 3.77. The summed E-state index contributed by atoms with van der Waals surface area (Å²) in [6.45, 7) is 2.84. The number of fused-ring (bicyclic) bond motifs is 1. The van der Waals surface area contributed by atoms with E-state index in [-0.39, 0.29) is 24.4 Å². The molecule has 1 aliphatic rings. The van der Waals surface area contributed by atoms with Crippen LogP contribution in [0, 0.1) is 0 Å². The molecule has 2 atom stereocenters. The Morgan fingerprint density at radius 1 is 1.25 bits per heavy atom. The summed E-state index contributed by atoms with van der Waals surface area (Å²) in [7, 11) is 1.80. The molecule has 1 aromatic heterocycles. The third-order valence-corrected chi connectivity index (χ3v) is 5.36. The zero-order valence-electron chi connectivity index (χ0n) is 17.9. The summed E-state index contributed by atoms with van der Waals surface area (Å²) < 4.78 is 24.4. The zero-order chi connectivity index (χ0) is 22.5. The Morgan fingerprint density at radius 3 is 2.78 bits per heavy atom. The first kappa shape index (κ1) is 22.0. The Balaban J connectivity index is 1.41. The Morgan fingerprint density at radius 2 is 2.06 bits per heavy atom. The summed E-state index contributed by atoms with van der Waals surface area (Å²) in [5, 5.41) is 8.52. The zero-order valence-corrected chi connectivity index (χ0v) is 18.6. The second-order valence-electron chi connectivity index (χ2n) is 7.37. The molecule has 3 aromatic rings. The molecule has 0 fully saturated rings. The van der Waals surface area contributed by atoms with Crippen molar-refractivity contribution in [1.82, 2.24) is 15.0 Å². The number of aryl methyl sites for hydroxylation is 1. The number of ether oxygens (including phenoxy) is 4. The number of esters is 1. The van der Waals surface area contributed by atoms with E-state index in [0.29, 0.717) is 42.1 Å². The van der Waals surface area contributed by atoms with Crippen molar-refractivity contribution in [3.8, 4) is 17.2 Å². The van der Waals surface area contributed by atoms with Gasteiger partial charge in [0, 0.05) is 24.1 Å². The highest BCUT2D eigenvalue weighted by molar-refractivity contribution is 6.30. The molecule has 0 bridgehead atoms. The van der Waals surface area contributed by atoms with Gasteiger partial charge in [-0.25, -0.2) is 0 Å². The molecular weight excluding hydrogens is 434 g/mol. The summed E-state index contributed by atoms with van der Waals surface area (Å²) in [5.41, 5.74) is 1.77. The molecule has 1 aliphatic heterocycles. The molecule has 9 heteroatoms. The molecule has 8 nitrogen and oxygen atoms in total. The summed E-state index contributed by atoms with van der Waals surface area (Å²) in [6.07, 6.45) is 1.61. The van der Waals surface area contributed by atoms with Gasteiger partial charge in [0.2, 0.25) is 0 Å². The molecule has 0 spiro atoms. The van der Waals surface area contributed by atoms with Gasteiger partial charge in [-0.1, -0.05) is 28.9 Å². The molecular formula is C23H24ClN3O5. The molecule has 168 valence electrons. The molecule has 0 radical (unpaired) electrons. The fourth-order valence-corrected chi connectivity index (χ4v) is 3.71. The number of hydrogen-bond donors (Lipinski definition) is 0. The van der Waals surface area contributed by atoms with Crippen molar-refractivity contribution < 1.29 is 23.7 Å². The van der Waals surface area contributed by atoms with Gasteiger partial charge in [0.05, 0.1) is 24.9 Å². The van der Waals surface area contributed by atoms with E-state index in [1.807, 2.05) is 24.3 Å². The minimum atomic E-state index is -0.270. The quantitative estimate of drug-likeness (QED) is 0.476. The van der Waals surface area contributed by atoms with E-state index in [0.717, 1.165) is 11.3 Å². The van der Waals surface area contributed by atoms with Gasteiger partial charge in [0.1, 0.15) is 19.0 Å². The molecule has 2 aromatic carbocycles. The molecule has 1 unspecified atom stereocenters. The van der Waals surface area contributed by atoms with E-state index in [4.69, 9.17) is 30.5 Å². The molecule has 0 saturated heterocycles. The van der Waals surface area contributed by atoms with E-state index in [1.54, 1.807) is 43.0 Å². The molecule has 0 N–H and O–H groups in total. The Kier molecular flexibility index (Phi) is 6.80. The van der Waals surface area contributed by atoms with Gasteiger partial charge in [0.15, 0.2) is 17.6 Å². The van der Waals surface area contributed by atoms with Crippen LogP contribution in [-0.2, 0) is 16.6 Å². The van der Waals surface area contributed by atoms with Gasteiger partial charge >= 0.3 is 5.97 Å². The standard InChI is InChI=1S/C23H24ClN3O5/c1-3-29-23(28)11-19(20-12-25-26-27(20)2)15-4-7-17(8-5-15)30-13-18-14-31-21-9-6-16(24)10-22(21)32-18/h4-10,12,18-19H,3,11,13-14H2,1-2H3/t18-,19?/m0/s1. The summed E-state index contributed by atoms with van der Waals surface area (Å²) in [6, 6.07) is 12.9. The van der Waals surface area contributed by atoms with Gasteiger partial charge in [-0.05, 0) is 36.8 Å². The highest BCUT2D eigenvalue weighted by Crippen LogP contribution is 2.34. The minimum Gasteiger partial charge on any atom is -0.490 e. The largest absolute Gasteiger partial charge is 0.490 e. The van der Waals surface area contributed by atoms with E-state index in [1.165, 1.54) is 0 Å². The lowest BCUT2D eigenvalue weighted by atomic mass is 9.92. The predicted molar refractivity (Wildman–Crippen MR) is 117 cm³/mol. The number of aromatic nitrogens is 3. The maximum atomic E-state index is 12.2. The fraction of sp³-hybridized carbons (Fsp3) is 0.348. The van der Waals surface area contributed by atoms with E-state index >= 15 is 0 Å². The van der Waals surface area contributed by atoms with Crippen molar-refractivity contribution in [2.45, 2.75) is 25.4 Å². The van der Waals surface area contributed by atoms with Crippen molar-refractivity contribution in [1.29, 1.82) is 0 Å². The van der Waals surface area contributed by atoms with Crippen molar-refractivity contribution in [2.24, 2.45) is 7.05 Å². The van der Waals surface area contributed by atoms with Gasteiger partial charge in [-0.2, -0.15) is 0 Å². The Bertz CT molecular complexity index is 1070. The average molecular weight is 458 g/mol. The van der Waals surface area contributed by atoms with Crippen LogP contribution >= 0.6 is 11.6 Å². The number of halogens is 1. The first-order valence-corrected chi connectivity index (χ1v) is 10.7. The molecule has 4 rings (SSSR count). The lowest BCUT2D eigenvalue weighted by Crippen LogP contribution is -2.34. The van der Waals surface area contributed by atoms with Crippen LogP contribution in [0.3, 0.4) is 0 Å². The van der Waals surface area contributed by atoms with Gasteiger partial charge in [-0.15, -0.1) is 5.10 Å². The molecule has 0 saturated carbocycles. The van der Waals surface area contributed by atoms with Crippen LogP contribution in [0.15, 0.2) is 48.7 Å².